The highest BCUT2D eigenvalue weighted by Gasteiger charge is 2.17. The summed E-state index contributed by atoms with van der Waals surface area (Å²) in [6.45, 7) is 3.48. The summed E-state index contributed by atoms with van der Waals surface area (Å²) >= 11 is 0. The fourth-order valence-corrected chi connectivity index (χ4v) is 2.31. The number of sulfonamides is 1. The Balaban J connectivity index is 3.11. The zero-order valence-corrected chi connectivity index (χ0v) is 8.88. The van der Waals surface area contributed by atoms with Crippen LogP contribution >= 0.6 is 0 Å². The highest BCUT2D eigenvalue weighted by Crippen LogP contribution is 2.15. The summed E-state index contributed by atoms with van der Waals surface area (Å²) in [6.07, 6.45) is 2.68. The molecule has 0 aliphatic carbocycles. The maximum absolute atomic E-state index is 11.6. The van der Waals surface area contributed by atoms with Crippen molar-refractivity contribution in [3.8, 4) is 0 Å². The lowest BCUT2D eigenvalue weighted by Crippen LogP contribution is -2.30. The van der Waals surface area contributed by atoms with Gasteiger partial charge in [-0.1, -0.05) is 0 Å². The Hall–Kier alpha value is -1.14. The van der Waals surface area contributed by atoms with Gasteiger partial charge in [-0.05, 0) is 19.9 Å². The van der Waals surface area contributed by atoms with Crippen LogP contribution in [0.25, 0.3) is 0 Å². The first kappa shape index (κ1) is 10.9. The SMILES string of the molecule is CC(C)NS(=O)(=O)c1cnccc1N. The Morgan fingerprint density at radius 3 is 2.64 bits per heavy atom. The fraction of sp³-hybridized carbons (Fsp3) is 0.375. The lowest BCUT2D eigenvalue weighted by atomic mass is 10.4. The number of nitrogen functional groups attached to an aromatic ring is 1. The van der Waals surface area contributed by atoms with Gasteiger partial charge in [-0.3, -0.25) is 4.98 Å². The number of rotatable bonds is 3. The first-order chi connectivity index (χ1) is 6.43. The molecule has 14 heavy (non-hydrogen) atoms. The second kappa shape index (κ2) is 3.93. The van der Waals surface area contributed by atoms with Gasteiger partial charge >= 0.3 is 0 Å². The van der Waals surface area contributed by atoms with Crippen molar-refractivity contribution < 1.29 is 8.42 Å². The van der Waals surface area contributed by atoms with Crippen molar-refractivity contribution in [3.63, 3.8) is 0 Å². The van der Waals surface area contributed by atoms with E-state index in [1.165, 1.54) is 18.5 Å². The molecule has 1 heterocycles. The highest BCUT2D eigenvalue weighted by atomic mass is 32.2. The molecule has 0 saturated heterocycles. The van der Waals surface area contributed by atoms with Crippen LogP contribution in [0.4, 0.5) is 5.69 Å². The van der Waals surface area contributed by atoms with Crippen molar-refractivity contribution in [1.82, 2.24) is 9.71 Å². The predicted molar refractivity (Wildman–Crippen MR) is 54.1 cm³/mol. The maximum atomic E-state index is 11.6. The van der Waals surface area contributed by atoms with E-state index in [0.717, 1.165) is 0 Å². The smallest absolute Gasteiger partial charge is 0.244 e. The van der Waals surface area contributed by atoms with Gasteiger partial charge in [0.25, 0.3) is 0 Å². The monoisotopic (exact) mass is 215 g/mol. The van der Waals surface area contributed by atoms with E-state index in [4.69, 9.17) is 5.73 Å². The molecular weight excluding hydrogens is 202 g/mol. The molecule has 0 unspecified atom stereocenters. The summed E-state index contributed by atoms with van der Waals surface area (Å²) in [5, 5.41) is 0. The number of nitrogens with one attached hydrogen (secondary N) is 1. The molecule has 1 aromatic rings. The second-order valence-electron chi connectivity index (χ2n) is 3.19. The van der Waals surface area contributed by atoms with Gasteiger partial charge in [0.05, 0.1) is 5.69 Å². The van der Waals surface area contributed by atoms with Crippen LogP contribution in [0.3, 0.4) is 0 Å². The molecule has 0 bridgehead atoms. The van der Waals surface area contributed by atoms with E-state index >= 15 is 0 Å². The minimum Gasteiger partial charge on any atom is -0.398 e. The Morgan fingerprint density at radius 2 is 2.14 bits per heavy atom. The normalized spacial score (nSPS) is 11.9. The number of anilines is 1. The quantitative estimate of drug-likeness (QED) is 0.762. The summed E-state index contributed by atoms with van der Waals surface area (Å²) in [7, 11) is -3.53. The van der Waals surface area contributed by atoms with Gasteiger partial charge in [-0.15, -0.1) is 0 Å². The zero-order chi connectivity index (χ0) is 10.8. The third kappa shape index (κ3) is 2.43. The van der Waals surface area contributed by atoms with Crippen LogP contribution in [-0.4, -0.2) is 19.4 Å². The number of hydrogen-bond acceptors (Lipinski definition) is 4. The molecule has 0 fully saturated rings. The molecule has 0 saturated carbocycles. The lowest BCUT2D eigenvalue weighted by molar-refractivity contribution is 0.570. The predicted octanol–water partition coefficient (Wildman–Crippen LogP) is 0.350. The van der Waals surface area contributed by atoms with E-state index in [2.05, 4.69) is 9.71 Å². The number of hydrogen-bond donors (Lipinski definition) is 2. The van der Waals surface area contributed by atoms with Gasteiger partial charge in [0.1, 0.15) is 4.90 Å². The van der Waals surface area contributed by atoms with Crippen molar-refractivity contribution in [3.05, 3.63) is 18.5 Å². The summed E-state index contributed by atoms with van der Waals surface area (Å²) < 4.78 is 25.7. The van der Waals surface area contributed by atoms with E-state index < -0.39 is 10.0 Å². The van der Waals surface area contributed by atoms with Crippen LogP contribution in [0.1, 0.15) is 13.8 Å². The van der Waals surface area contributed by atoms with Crippen molar-refractivity contribution in [2.45, 2.75) is 24.8 Å². The molecule has 0 atom stereocenters. The van der Waals surface area contributed by atoms with Gasteiger partial charge in [0.15, 0.2) is 0 Å². The molecule has 0 aliphatic rings. The molecule has 5 nitrogen and oxygen atoms in total. The minimum atomic E-state index is -3.53. The van der Waals surface area contributed by atoms with E-state index in [1.54, 1.807) is 13.8 Å². The summed E-state index contributed by atoms with van der Waals surface area (Å²) in [5.74, 6) is 0. The van der Waals surface area contributed by atoms with E-state index in [9.17, 15) is 8.42 Å². The number of nitrogens with two attached hydrogens (primary N) is 1. The van der Waals surface area contributed by atoms with Crippen molar-refractivity contribution in [2.75, 3.05) is 5.73 Å². The molecule has 0 amide bonds. The van der Waals surface area contributed by atoms with Gasteiger partial charge in [0, 0.05) is 18.4 Å². The molecule has 1 aromatic heterocycles. The number of pyridine rings is 1. The molecule has 0 radical (unpaired) electrons. The van der Waals surface area contributed by atoms with Crippen LogP contribution in [0, 0.1) is 0 Å². The molecule has 6 heteroatoms. The average Bonchev–Trinajstić information content (AvgIpc) is 2.02. The molecule has 0 spiro atoms. The average molecular weight is 215 g/mol. The van der Waals surface area contributed by atoms with Crippen LogP contribution < -0.4 is 10.5 Å². The van der Waals surface area contributed by atoms with Crippen molar-refractivity contribution in [2.24, 2.45) is 0 Å². The number of aromatic nitrogens is 1. The number of nitrogens with zero attached hydrogens (tertiary/aromatic N) is 1. The Labute approximate surface area is 83.4 Å². The Kier molecular flexibility index (Phi) is 3.07. The Bertz CT molecular complexity index is 414. The van der Waals surface area contributed by atoms with Crippen LogP contribution in [0.5, 0.6) is 0 Å². The largest absolute Gasteiger partial charge is 0.398 e. The molecular formula is C8H13N3O2S. The molecule has 3 N–H and O–H groups in total. The first-order valence-electron chi connectivity index (χ1n) is 4.15. The summed E-state index contributed by atoms with van der Waals surface area (Å²) in [4.78, 5) is 3.74. The van der Waals surface area contributed by atoms with Crippen LogP contribution in [0.15, 0.2) is 23.4 Å². The van der Waals surface area contributed by atoms with Crippen LogP contribution in [0.2, 0.25) is 0 Å². The molecule has 78 valence electrons. The van der Waals surface area contributed by atoms with Gasteiger partial charge in [0.2, 0.25) is 10.0 Å². The van der Waals surface area contributed by atoms with E-state index in [-0.39, 0.29) is 16.6 Å². The minimum absolute atomic E-state index is 0.0219. The summed E-state index contributed by atoms with van der Waals surface area (Å²) in [5.41, 5.74) is 5.73. The molecule has 1 rings (SSSR count). The molecule has 0 aromatic carbocycles. The summed E-state index contributed by atoms with van der Waals surface area (Å²) in [6, 6.07) is 1.29. The van der Waals surface area contributed by atoms with E-state index in [1.807, 2.05) is 0 Å². The standard InChI is InChI=1S/C8H13N3O2S/c1-6(2)11-14(12,13)8-5-10-4-3-7(8)9/h3-6,11H,1-2H3,(H2,9,10). The van der Waals surface area contributed by atoms with Crippen molar-refractivity contribution in [1.29, 1.82) is 0 Å². The zero-order valence-electron chi connectivity index (χ0n) is 8.06. The van der Waals surface area contributed by atoms with Gasteiger partial charge in [-0.25, -0.2) is 13.1 Å². The molecule has 0 aliphatic heterocycles. The van der Waals surface area contributed by atoms with Gasteiger partial charge in [-0.2, -0.15) is 0 Å². The third-order valence-electron chi connectivity index (χ3n) is 1.50. The third-order valence-corrected chi connectivity index (χ3v) is 3.20. The lowest BCUT2D eigenvalue weighted by Gasteiger charge is -2.10. The van der Waals surface area contributed by atoms with E-state index in [0.29, 0.717) is 0 Å². The second-order valence-corrected chi connectivity index (χ2v) is 4.87. The first-order valence-corrected chi connectivity index (χ1v) is 5.63. The van der Waals surface area contributed by atoms with Gasteiger partial charge < -0.3 is 5.73 Å². The van der Waals surface area contributed by atoms with Crippen molar-refractivity contribution >= 4 is 15.7 Å². The topological polar surface area (TPSA) is 85.1 Å². The Morgan fingerprint density at radius 1 is 1.50 bits per heavy atom. The fourth-order valence-electron chi connectivity index (χ4n) is 0.989. The maximum Gasteiger partial charge on any atom is 0.244 e. The van der Waals surface area contributed by atoms with Crippen LogP contribution in [-0.2, 0) is 10.0 Å². The highest BCUT2D eigenvalue weighted by molar-refractivity contribution is 7.89.